The fourth-order valence-electron chi connectivity index (χ4n) is 34.3. The Morgan fingerprint density at radius 2 is 0.641 bits per heavy atom. The number of imide groups is 5. The highest BCUT2D eigenvalue weighted by molar-refractivity contribution is 6.26. The Morgan fingerprint density at radius 1 is 0.305 bits per heavy atom. The molecule has 5 saturated heterocycles. The molecular weight excluding hydrogens is 1630 g/mol. The van der Waals surface area contributed by atoms with Crippen LogP contribution in [0, 0.1) is 203 Å². The number of benzene rings is 8. The maximum Gasteiger partial charge on any atom is 0.241 e. The van der Waals surface area contributed by atoms with Crippen molar-refractivity contribution in [2.75, 3.05) is 21.8 Å². The summed E-state index contributed by atoms with van der Waals surface area (Å²) in [7, 11) is 1.59. The summed E-state index contributed by atoms with van der Waals surface area (Å²) in [6, 6.07) is 59.4. The lowest BCUT2D eigenvalue weighted by Crippen LogP contribution is -2.38. The summed E-state index contributed by atoms with van der Waals surface area (Å²) in [5.74, 6) is 10.9. The molecule has 18 aliphatic carbocycles. The van der Waals surface area contributed by atoms with Crippen LogP contribution < -0.4 is 19.4 Å². The molecule has 17 heteroatoms. The number of rotatable bonds is 6. The minimum absolute atomic E-state index is 0.0105. The van der Waals surface area contributed by atoms with Crippen molar-refractivity contribution >= 4 is 98.1 Å². The highest BCUT2D eigenvalue weighted by Crippen LogP contribution is 2.75. The largest absolute Gasteiger partial charge is 0.495 e. The molecule has 32 rings (SSSR count). The number of carbonyl (C=O) groups is 10. The van der Waals surface area contributed by atoms with Crippen LogP contribution in [0.5, 0.6) is 5.75 Å². The van der Waals surface area contributed by atoms with E-state index in [4.69, 9.17) is 9.15 Å². The first-order valence-electron chi connectivity index (χ1n) is 48.6. The van der Waals surface area contributed by atoms with E-state index >= 15 is 0 Å². The second kappa shape index (κ2) is 27.5. The molecule has 32 atom stereocenters. The maximum atomic E-state index is 13.9. The molecule has 10 amide bonds. The van der Waals surface area contributed by atoms with Gasteiger partial charge in [-0.05, 0) is 282 Å². The highest BCUT2D eigenvalue weighted by Gasteiger charge is 2.76. The van der Waals surface area contributed by atoms with Gasteiger partial charge in [-0.2, -0.15) is 0 Å². The van der Waals surface area contributed by atoms with Crippen molar-refractivity contribution < 1.29 is 57.1 Å². The Kier molecular flexibility index (Phi) is 16.3. The number of hydrogen-bond acceptors (Lipinski definition) is 12. The van der Waals surface area contributed by atoms with Crippen molar-refractivity contribution in [2.24, 2.45) is 189 Å². The summed E-state index contributed by atoms with van der Waals surface area (Å²) in [6.45, 7) is 5.90. The second-order valence-corrected chi connectivity index (χ2v) is 43.2. The predicted molar refractivity (Wildman–Crippen MR) is 490 cm³/mol. The number of nitrogens with zero attached hydrogens (tertiary/aromatic N) is 5. The number of likely N-dealkylation sites (tertiary alicyclic amines) is 2. The van der Waals surface area contributed by atoms with Gasteiger partial charge in [0.1, 0.15) is 16.9 Å². The van der Waals surface area contributed by atoms with E-state index in [1.807, 2.05) is 154 Å². The number of anilines is 3. The summed E-state index contributed by atoms with van der Waals surface area (Å²) in [5.41, 5.74) is 13.9. The minimum Gasteiger partial charge on any atom is -0.495 e. The fraction of sp³-hybridized carbons (Fsp3) is 0.404. The average molecular weight is 1730 g/mol. The van der Waals surface area contributed by atoms with E-state index in [1.165, 1.54) is 34.0 Å². The third-order valence-corrected chi connectivity index (χ3v) is 38.7. The van der Waals surface area contributed by atoms with Gasteiger partial charge in [-0.25, -0.2) is 14.7 Å². The molecule has 0 spiro atoms. The molecular formula is C114H101N5O12. The van der Waals surface area contributed by atoms with Crippen LogP contribution in [0.1, 0.15) is 104 Å². The van der Waals surface area contributed by atoms with Crippen LogP contribution in [0.2, 0.25) is 0 Å². The normalized spacial score (nSPS) is 39.3. The molecule has 17 nitrogen and oxygen atoms in total. The third kappa shape index (κ3) is 9.97. The summed E-state index contributed by atoms with van der Waals surface area (Å²) in [6.07, 6.45) is 31.8. The van der Waals surface area contributed by atoms with Gasteiger partial charge < -0.3 is 9.15 Å². The predicted octanol–water partition coefficient (Wildman–Crippen LogP) is 18.7. The molecule has 131 heavy (non-hydrogen) atoms. The first-order valence-corrected chi connectivity index (χ1v) is 48.6. The molecule has 6 heterocycles. The molecule has 5 aliphatic heterocycles. The number of aryl methyl sites for hydroxylation is 2. The number of hydrogen-bond donors (Lipinski definition) is 0. The van der Waals surface area contributed by atoms with E-state index in [9.17, 15) is 47.9 Å². The molecule has 9 aromatic rings. The van der Waals surface area contributed by atoms with Gasteiger partial charge >= 0.3 is 0 Å². The van der Waals surface area contributed by atoms with Crippen LogP contribution in [-0.2, 0) is 47.9 Å². The van der Waals surface area contributed by atoms with Crippen molar-refractivity contribution in [1.82, 2.24) is 9.80 Å². The van der Waals surface area contributed by atoms with Crippen molar-refractivity contribution in [3.63, 3.8) is 0 Å². The quantitative estimate of drug-likeness (QED) is 0.0865. The van der Waals surface area contributed by atoms with E-state index < -0.39 is 5.41 Å². The third-order valence-electron chi connectivity index (χ3n) is 38.7. The van der Waals surface area contributed by atoms with Gasteiger partial charge in [0.15, 0.2) is 0 Å². The van der Waals surface area contributed by atoms with E-state index in [2.05, 4.69) is 109 Å². The monoisotopic (exact) mass is 1730 g/mol. The van der Waals surface area contributed by atoms with E-state index in [0.717, 1.165) is 115 Å². The standard InChI is InChI=1S/C27H23NO4.C27H23NO2.C22H17NO2.C21H21NO2.C17H17NO2/c1-31-21-10-15-14-4-2-3-5-19(14)32-20(15)11-18(21)28-26(29)24-16-9-17(25(24)27(28)30)23-13-7-6-12(8-13)22(16)23;29-26-23-19-12-20(22-14-10-9-13(11-14)21(19)22)24(23)27(30)28(26)25-17-7-3-1-5-15(17)16-6-2-4-8-18(16)25;24-21-18-12-9-10-13(11-12)19(18)22(25)23(21)20-16-7-3-1-5-14(16)15-6-2-4-8-17(15)20;1-10-4-2-3-5-15(10)22-20(23)18-13-9-14(19(18)21(22)24)17-12-7-6-11(8-12)16(13)17;1-10-5-3-4-6-13(10)18-15(19)14-11-7-8-12(9-11)17(14,2)16(18)20/h2-7,10-13,16-17,22-25H,8-9H2,1H3;1-10,13-14,19-25H,11-12H2;1-10,12-13,18-20H,11H2;2-7,11-14,16-19H,8-9H2,1H3;3-8,11-12,14H,9H2,1-2H3. The van der Waals surface area contributed by atoms with Gasteiger partial charge in [-0.1, -0.05) is 212 Å². The van der Waals surface area contributed by atoms with Crippen LogP contribution in [0.3, 0.4) is 0 Å². The number of ether oxygens (including phenoxy) is 1. The lowest BCUT2D eigenvalue weighted by Gasteiger charge is -2.36. The first-order chi connectivity index (χ1) is 63.9. The van der Waals surface area contributed by atoms with Crippen LogP contribution in [0.4, 0.5) is 17.1 Å². The van der Waals surface area contributed by atoms with E-state index in [1.54, 1.807) is 16.9 Å². The SMILES string of the molecule is COc1cc2c(cc1N1C(=O)C3C4CC(C3C1=O)C1C3C=CC(C3)C41)oc1ccccc12.Cc1ccccc1N1C(=O)C2C3C=CC(C3)C2(C)C1=O.Cc1ccccc1N1C(=O)C2C3CC(C2C1=O)C1C2C=CC(C2)C31.O=C1C2C3C=CC(C3)C2C(=O)N1C1c2ccccc2-c2ccccc21.O=C1C2C3CC(C2C(=O)N1C1c2ccccc2-c2ccccc21)C1C2C=CC(C2)C31. The molecule has 8 aromatic carbocycles. The van der Waals surface area contributed by atoms with Gasteiger partial charge in [0.25, 0.3) is 0 Å². The van der Waals surface area contributed by atoms with Crippen LogP contribution in [-0.4, -0.2) is 76.0 Å². The van der Waals surface area contributed by atoms with Crippen molar-refractivity contribution in [2.45, 2.75) is 84.2 Å². The van der Waals surface area contributed by atoms with Crippen molar-refractivity contribution in [3.8, 4) is 28.0 Å². The van der Waals surface area contributed by atoms with Gasteiger partial charge in [0.05, 0.1) is 94.9 Å². The zero-order valence-corrected chi connectivity index (χ0v) is 73.4. The van der Waals surface area contributed by atoms with Crippen molar-refractivity contribution in [1.29, 1.82) is 0 Å². The molecule has 16 fully saturated rings. The number of furan rings is 1. The molecule has 654 valence electrons. The maximum absolute atomic E-state index is 13.9. The summed E-state index contributed by atoms with van der Waals surface area (Å²) >= 11 is 0. The smallest absolute Gasteiger partial charge is 0.241 e. The minimum atomic E-state index is -0.529. The Balaban J connectivity index is 0.0000000829. The van der Waals surface area contributed by atoms with Crippen LogP contribution in [0.25, 0.3) is 44.2 Å². The van der Waals surface area contributed by atoms with Gasteiger partial charge in [-0.15, -0.1) is 0 Å². The Labute approximate surface area is 759 Å². The molecule has 16 bridgehead atoms. The second-order valence-electron chi connectivity index (χ2n) is 43.2. The summed E-state index contributed by atoms with van der Waals surface area (Å²) < 4.78 is 11.7. The summed E-state index contributed by atoms with van der Waals surface area (Å²) in [4.78, 5) is 142. The molecule has 11 saturated carbocycles. The number of fused-ring (bicyclic) bond motifs is 55. The van der Waals surface area contributed by atoms with E-state index in [0.29, 0.717) is 124 Å². The Bertz CT molecular complexity index is 6620. The zero-order chi connectivity index (χ0) is 88.0. The Hall–Kier alpha value is -12.2. The van der Waals surface area contributed by atoms with Gasteiger partial charge in [-0.3, -0.25) is 57.7 Å². The average Bonchev–Trinajstić information content (AvgIpc) is 1.52. The molecule has 23 aliphatic rings. The highest BCUT2D eigenvalue weighted by atomic mass is 16.5. The number of amides is 10. The summed E-state index contributed by atoms with van der Waals surface area (Å²) in [5, 5.41) is 1.93. The number of allylic oxidation sites excluding steroid dienone is 10. The van der Waals surface area contributed by atoms with E-state index in [-0.39, 0.29) is 148 Å². The van der Waals surface area contributed by atoms with Gasteiger partial charge in [0.2, 0.25) is 59.1 Å². The zero-order valence-electron chi connectivity index (χ0n) is 73.4. The molecule has 32 unspecified atom stereocenters. The fourth-order valence-corrected chi connectivity index (χ4v) is 34.3. The molecule has 0 N–H and O–H groups in total. The molecule has 0 radical (unpaired) electrons. The number of para-hydroxylation sites is 3. The number of carbonyl (C=O) groups excluding carboxylic acids is 10. The lowest BCUT2D eigenvalue weighted by molar-refractivity contribution is -0.144. The van der Waals surface area contributed by atoms with Crippen LogP contribution in [0.15, 0.2) is 247 Å². The van der Waals surface area contributed by atoms with Crippen molar-refractivity contribution in [3.05, 3.63) is 276 Å². The Morgan fingerprint density at radius 3 is 1.05 bits per heavy atom. The lowest BCUT2D eigenvalue weighted by atomic mass is 9.65. The number of methoxy groups -OCH3 is 1. The first kappa shape index (κ1) is 77.5. The topological polar surface area (TPSA) is 209 Å². The molecule has 1 aromatic heterocycles. The van der Waals surface area contributed by atoms with Gasteiger partial charge in [0, 0.05) is 16.8 Å². The van der Waals surface area contributed by atoms with Crippen LogP contribution >= 0.6 is 0 Å².